The molecule has 1 aromatic carbocycles. The van der Waals surface area contributed by atoms with E-state index in [1.165, 1.54) is 10.9 Å². The Kier molecular flexibility index (Phi) is 4.09. The molecule has 0 aliphatic heterocycles. The van der Waals surface area contributed by atoms with Crippen LogP contribution < -0.4 is 5.32 Å². The zero-order valence-electron chi connectivity index (χ0n) is 13.1. The van der Waals surface area contributed by atoms with E-state index in [4.69, 9.17) is 0 Å². The predicted octanol–water partition coefficient (Wildman–Crippen LogP) is 1.86. The molecule has 3 N–H and O–H groups in total. The van der Waals surface area contributed by atoms with Crippen molar-refractivity contribution in [3.8, 4) is 11.4 Å². The van der Waals surface area contributed by atoms with Crippen molar-refractivity contribution < 1.29 is 15.0 Å². The Morgan fingerprint density at radius 1 is 1.43 bits per heavy atom. The first-order chi connectivity index (χ1) is 11.0. The van der Waals surface area contributed by atoms with Crippen molar-refractivity contribution in [2.45, 2.75) is 32.2 Å². The molecule has 6 heteroatoms. The van der Waals surface area contributed by atoms with E-state index >= 15 is 0 Å². The fraction of sp³-hybridized carbons (Fsp3) is 0.412. The normalized spacial score (nSPS) is 23.8. The highest BCUT2D eigenvalue weighted by atomic mass is 16.3. The monoisotopic (exact) mass is 315 g/mol. The highest BCUT2D eigenvalue weighted by molar-refractivity contribution is 5.95. The van der Waals surface area contributed by atoms with Crippen LogP contribution in [0.4, 0.5) is 0 Å². The first-order valence-corrected chi connectivity index (χ1v) is 7.79. The third-order valence-corrected chi connectivity index (χ3v) is 4.68. The molecular weight excluding hydrogens is 294 g/mol. The molecule has 1 aliphatic rings. The molecule has 1 amide bonds. The van der Waals surface area contributed by atoms with Crippen molar-refractivity contribution in [3.63, 3.8) is 0 Å². The quantitative estimate of drug-likeness (QED) is 0.803. The number of nitrogens with zero attached hydrogens (tertiary/aromatic N) is 2. The van der Waals surface area contributed by atoms with Gasteiger partial charge in [-0.1, -0.05) is 31.5 Å². The lowest BCUT2D eigenvalue weighted by Crippen LogP contribution is -2.44. The van der Waals surface area contributed by atoms with Gasteiger partial charge in [-0.3, -0.25) is 4.79 Å². The van der Waals surface area contributed by atoms with Gasteiger partial charge in [0.15, 0.2) is 11.4 Å². The highest BCUT2D eigenvalue weighted by Gasteiger charge is 2.39. The molecule has 1 aromatic heterocycles. The zero-order valence-corrected chi connectivity index (χ0v) is 13.1. The smallest absolute Gasteiger partial charge is 0.275 e. The summed E-state index contributed by atoms with van der Waals surface area (Å²) < 4.78 is 1.48. The number of aliphatic hydroxyl groups excluding tert-OH is 1. The molecule has 122 valence electrons. The van der Waals surface area contributed by atoms with Crippen LogP contribution in [0, 0.1) is 5.41 Å². The number of carbonyl (C=O) groups excluding carboxylic acids is 1. The summed E-state index contributed by atoms with van der Waals surface area (Å²) in [6.07, 6.45) is 4.08. The number of aliphatic hydroxyl groups is 1. The fourth-order valence-electron chi connectivity index (χ4n) is 3.13. The summed E-state index contributed by atoms with van der Waals surface area (Å²) >= 11 is 0. The van der Waals surface area contributed by atoms with Crippen LogP contribution in [-0.2, 0) is 0 Å². The van der Waals surface area contributed by atoms with E-state index in [1.807, 2.05) is 37.3 Å². The summed E-state index contributed by atoms with van der Waals surface area (Å²) in [5.41, 5.74) is 0.455. The minimum Gasteiger partial charge on any atom is -0.504 e. The first kappa shape index (κ1) is 15.6. The van der Waals surface area contributed by atoms with Gasteiger partial charge in [-0.05, 0) is 25.0 Å². The lowest BCUT2D eigenvalue weighted by atomic mass is 9.86. The van der Waals surface area contributed by atoms with E-state index in [0.29, 0.717) is 0 Å². The van der Waals surface area contributed by atoms with Crippen molar-refractivity contribution in [2.24, 2.45) is 5.41 Å². The summed E-state index contributed by atoms with van der Waals surface area (Å²) in [5, 5.41) is 26.7. The van der Waals surface area contributed by atoms with Gasteiger partial charge in [0.1, 0.15) is 0 Å². The van der Waals surface area contributed by atoms with Crippen molar-refractivity contribution in [1.29, 1.82) is 0 Å². The summed E-state index contributed by atoms with van der Waals surface area (Å²) in [7, 11) is 0. The fourth-order valence-corrected chi connectivity index (χ4v) is 3.13. The molecule has 1 aliphatic carbocycles. The molecule has 2 atom stereocenters. The second-order valence-electron chi connectivity index (χ2n) is 6.37. The molecule has 3 rings (SSSR count). The Labute approximate surface area is 134 Å². The number of aromatic hydroxyl groups is 1. The van der Waals surface area contributed by atoms with E-state index < -0.39 is 5.91 Å². The second kappa shape index (κ2) is 6.04. The number of nitrogens with one attached hydrogen (secondary N) is 1. The largest absolute Gasteiger partial charge is 0.504 e. The molecule has 0 spiro atoms. The lowest BCUT2D eigenvalue weighted by Gasteiger charge is -2.29. The van der Waals surface area contributed by atoms with Gasteiger partial charge in [0.2, 0.25) is 0 Å². The molecule has 0 bridgehead atoms. The van der Waals surface area contributed by atoms with Crippen molar-refractivity contribution in [2.75, 3.05) is 6.61 Å². The molecule has 0 radical (unpaired) electrons. The Morgan fingerprint density at radius 3 is 2.87 bits per heavy atom. The standard InChI is InChI=1S/C17H21N3O3/c1-17(11-21)9-5-8-14(17)18-16(23)15-13(22)10-20(19-15)12-6-3-2-4-7-12/h2-4,6-7,10,14,21-22H,5,8-9,11H2,1H3,(H,18,23). The number of rotatable bonds is 4. The third kappa shape index (κ3) is 2.94. The minimum atomic E-state index is -0.413. The number of benzene rings is 1. The number of aromatic nitrogens is 2. The van der Waals surface area contributed by atoms with E-state index in [9.17, 15) is 15.0 Å². The van der Waals surface area contributed by atoms with E-state index in [0.717, 1.165) is 24.9 Å². The van der Waals surface area contributed by atoms with Gasteiger partial charge in [-0.25, -0.2) is 4.68 Å². The molecule has 1 saturated carbocycles. The molecule has 0 saturated heterocycles. The van der Waals surface area contributed by atoms with E-state index in [-0.39, 0.29) is 29.5 Å². The summed E-state index contributed by atoms with van der Waals surface area (Å²) in [6.45, 7) is 2.00. The summed E-state index contributed by atoms with van der Waals surface area (Å²) in [4.78, 5) is 12.4. The SMILES string of the molecule is CC1(CO)CCCC1NC(=O)c1nn(-c2ccccc2)cc1O. The molecular formula is C17H21N3O3. The van der Waals surface area contributed by atoms with Crippen LogP contribution in [-0.4, -0.2) is 38.5 Å². The van der Waals surface area contributed by atoms with Gasteiger partial charge in [0.25, 0.3) is 5.91 Å². The zero-order chi connectivity index (χ0) is 16.4. The average Bonchev–Trinajstić information content (AvgIpc) is 3.12. The Morgan fingerprint density at radius 2 is 2.17 bits per heavy atom. The first-order valence-electron chi connectivity index (χ1n) is 7.79. The topological polar surface area (TPSA) is 87.4 Å². The maximum atomic E-state index is 12.4. The predicted molar refractivity (Wildman–Crippen MR) is 85.5 cm³/mol. The van der Waals surface area contributed by atoms with Gasteiger partial charge in [-0.2, -0.15) is 5.10 Å². The number of hydrogen-bond acceptors (Lipinski definition) is 4. The van der Waals surface area contributed by atoms with Crippen LogP contribution in [0.2, 0.25) is 0 Å². The number of amides is 1. The van der Waals surface area contributed by atoms with Crippen LogP contribution in [0.5, 0.6) is 5.75 Å². The number of para-hydroxylation sites is 1. The van der Waals surface area contributed by atoms with E-state index in [2.05, 4.69) is 10.4 Å². The van der Waals surface area contributed by atoms with Gasteiger partial charge in [0.05, 0.1) is 18.5 Å². The molecule has 2 unspecified atom stereocenters. The average molecular weight is 315 g/mol. The second-order valence-corrected chi connectivity index (χ2v) is 6.37. The Bertz CT molecular complexity index is 698. The Balaban J connectivity index is 1.79. The van der Waals surface area contributed by atoms with E-state index in [1.54, 1.807) is 0 Å². The van der Waals surface area contributed by atoms with Crippen LogP contribution in [0.25, 0.3) is 5.69 Å². The third-order valence-electron chi connectivity index (χ3n) is 4.68. The van der Waals surface area contributed by atoms with Crippen molar-refractivity contribution >= 4 is 5.91 Å². The lowest BCUT2D eigenvalue weighted by molar-refractivity contribution is 0.0823. The summed E-state index contributed by atoms with van der Waals surface area (Å²) in [5.74, 6) is -0.571. The Hall–Kier alpha value is -2.34. The molecule has 6 nitrogen and oxygen atoms in total. The highest BCUT2D eigenvalue weighted by Crippen LogP contribution is 2.37. The minimum absolute atomic E-state index is 0.000966. The van der Waals surface area contributed by atoms with Gasteiger partial charge in [-0.15, -0.1) is 0 Å². The van der Waals surface area contributed by atoms with Crippen molar-refractivity contribution in [3.05, 3.63) is 42.2 Å². The number of hydrogen-bond donors (Lipinski definition) is 3. The maximum absolute atomic E-state index is 12.4. The van der Waals surface area contributed by atoms with Gasteiger partial charge < -0.3 is 15.5 Å². The van der Waals surface area contributed by atoms with Crippen LogP contribution in [0.15, 0.2) is 36.5 Å². The van der Waals surface area contributed by atoms with Gasteiger partial charge >= 0.3 is 0 Å². The molecule has 2 aromatic rings. The van der Waals surface area contributed by atoms with Gasteiger partial charge in [0, 0.05) is 11.5 Å². The number of carbonyl (C=O) groups is 1. The van der Waals surface area contributed by atoms with Crippen LogP contribution in [0.3, 0.4) is 0 Å². The summed E-state index contributed by atoms with van der Waals surface area (Å²) in [6, 6.07) is 9.18. The van der Waals surface area contributed by atoms with Crippen molar-refractivity contribution in [1.82, 2.24) is 15.1 Å². The van der Waals surface area contributed by atoms with Crippen LogP contribution >= 0.6 is 0 Å². The molecule has 1 fully saturated rings. The maximum Gasteiger partial charge on any atom is 0.275 e. The van der Waals surface area contributed by atoms with Crippen LogP contribution in [0.1, 0.15) is 36.7 Å². The molecule has 1 heterocycles. The molecule has 23 heavy (non-hydrogen) atoms.